The first-order valence-electron chi connectivity index (χ1n) is 7.21. The van der Waals surface area contributed by atoms with Crippen molar-refractivity contribution in [1.29, 1.82) is 0 Å². The van der Waals surface area contributed by atoms with E-state index in [-0.39, 0.29) is 11.9 Å². The Morgan fingerprint density at radius 2 is 2.17 bits per heavy atom. The highest BCUT2D eigenvalue weighted by Gasteiger charge is 2.18. The monoisotopic (exact) mass is 441 g/mol. The molecule has 1 N–H and O–H groups in total. The van der Waals surface area contributed by atoms with E-state index in [1.165, 1.54) is 16.9 Å². The van der Waals surface area contributed by atoms with E-state index < -0.39 is 0 Å². The number of nitrogens with one attached hydrogen (secondary N) is 1. The van der Waals surface area contributed by atoms with Crippen LogP contribution in [0.15, 0.2) is 38.1 Å². The molecule has 0 fully saturated rings. The number of carbonyl (C=O) groups excluding carboxylic acids is 1. The minimum Gasteiger partial charge on any atom is -0.349 e. The fraction of sp³-hybridized carbons (Fsp3) is 0.250. The molecular weight excluding hydrogens is 426 g/mol. The van der Waals surface area contributed by atoms with Gasteiger partial charge in [-0.05, 0) is 58.5 Å². The van der Waals surface area contributed by atoms with Gasteiger partial charge in [0.15, 0.2) is 0 Å². The number of halogens is 1. The molecule has 1 amide bonds. The number of nitrogens with zero attached hydrogens (tertiary/aromatic N) is 2. The maximum absolute atomic E-state index is 12.4. The zero-order valence-corrected chi connectivity index (χ0v) is 17.2. The van der Waals surface area contributed by atoms with Crippen molar-refractivity contribution in [2.24, 2.45) is 0 Å². The zero-order chi connectivity index (χ0) is 17.1. The van der Waals surface area contributed by atoms with Crippen molar-refractivity contribution in [2.75, 3.05) is 20.6 Å². The molecule has 3 aromatic rings. The number of carbonyl (C=O) groups is 1. The fourth-order valence-corrected chi connectivity index (χ4v) is 5.27. The number of amides is 1. The van der Waals surface area contributed by atoms with Crippen LogP contribution in [-0.4, -0.2) is 36.4 Å². The van der Waals surface area contributed by atoms with Crippen molar-refractivity contribution in [3.05, 3.63) is 49.4 Å². The summed E-state index contributed by atoms with van der Waals surface area (Å²) < 4.78 is 1.04. The molecule has 1 atom stereocenters. The molecule has 0 aliphatic heterocycles. The third-order valence-corrected chi connectivity index (χ3v) is 6.93. The van der Waals surface area contributed by atoms with Gasteiger partial charge in [0, 0.05) is 21.8 Å². The van der Waals surface area contributed by atoms with Crippen LogP contribution in [0.2, 0.25) is 0 Å². The molecule has 0 spiro atoms. The van der Waals surface area contributed by atoms with Gasteiger partial charge >= 0.3 is 0 Å². The lowest BCUT2D eigenvalue weighted by Crippen LogP contribution is -2.34. The van der Waals surface area contributed by atoms with Crippen molar-refractivity contribution < 1.29 is 4.79 Å². The fourth-order valence-electron chi connectivity index (χ4n) is 2.26. The van der Waals surface area contributed by atoms with Gasteiger partial charge in [0.1, 0.15) is 10.7 Å². The molecule has 3 heterocycles. The molecule has 0 aliphatic rings. The van der Waals surface area contributed by atoms with Crippen LogP contribution in [-0.2, 0) is 0 Å². The van der Waals surface area contributed by atoms with Gasteiger partial charge in [-0.1, -0.05) is 0 Å². The molecular formula is C16H16BrN3OS3. The molecule has 0 radical (unpaired) electrons. The summed E-state index contributed by atoms with van der Waals surface area (Å²) in [4.78, 5) is 20.0. The van der Waals surface area contributed by atoms with Gasteiger partial charge in [-0.2, -0.15) is 11.3 Å². The van der Waals surface area contributed by atoms with Crippen molar-refractivity contribution in [2.45, 2.75) is 6.04 Å². The molecule has 8 heteroatoms. The van der Waals surface area contributed by atoms with Gasteiger partial charge < -0.3 is 10.2 Å². The average molecular weight is 442 g/mol. The first-order chi connectivity index (χ1) is 11.5. The Hall–Kier alpha value is -1.06. The summed E-state index contributed by atoms with van der Waals surface area (Å²) in [5.41, 5.74) is 1.69. The zero-order valence-electron chi connectivity index (χ0n) is 13.2. The Morgan fingerprint density at radius 1 is 1.33 bits per heavy atom. The normalized spacial score (nSPS) is 12.5. The SMILES string of the molecule is CN(C)C(CNC(=O)c1csc(-c2cc(Br)cs2)n1)c1ccsc1. The number of thiazole rings is 1. The number of thiophene rings is 2. The van der Waals surface area contributed by atoms with Crippen molar-refractivity contribution in [3.63, 3.8) is 0 Å². The maximum Gasteiger partial charge on any atom is 0.270 e. The van der Waals surface area contributed by atoms with E-state index in [9.17, 15) is 4.79 Å². The number of likely N-dealkylation sites (N-methyl/N-ethyl adjacent to an activating group) is 1. The third-order valence-electron chi connectivity index (χ3n) is 3.52. The van der Waals surface area contributed by atoms with Gasteiger partial charge in [-0.25, -0.2) is 4.98 Å². The van der Waals surface area contributed by atoms with Crippen LogP contribution >= 0.6 is 49.9 Å². The second-order valence-electron chi connectivity index (χ2n) is 5.41. The van der Waals surface area contributed by atoms with E-state index in [1.807, 2.05) is 30.9 Å². The molecule has 126 valence electrons. The average Bonchev–Trinajstić information content (AvgIpc) is 3.27. The molecule has 0 saturated heterocycles. The molecule has 3 aromatic heterocycles. The summed E-state index contributed by atoms with van der Waals surface area (Å²) in [6.45, 7) is 0.556. The summed E-state index contributed by atoms with van der Waals surface area (Å²) in [5.74, 6) is -0.129. The van der Waals surface area contributed by atoms with Crippen LogP contribution in [0.3, 0.4) is 0 Å². The van der Waals surface area contributed by atoms with Crippen LogP contribution in [0, 0.1) is 0 Å². The molecule has 24 heavy (non-hydrogen) atoms. The first-order valence-corrected chi connectivity index (χ1v) is 10.7. The molecule has 4 nitrogen and oxygen atoms in total. The number of aromatic nitrogens is 1. The molecule has 0 saturated carbocycles. The predicted molar refractivity (Wildman–Crippen MR) is 106 cm³/mol. The van der Waals surface area contributed by atoms with Gasteiger partial charge in [0.05, 0.1) is 10.9 Å². The smallest absolute Gasteiger partial charge is 0.270 e. The lowest BCUT2D eigenvalue weighted by atomic mass is 10.1. The Morgan fingerprint density at radius 3 is 2.79 bits per heavy atom. The van der Waals surface area contributed by atoms with Crippen LogP contribution in [0.5, 0.6) is 0 Å². The second kappa shape index (κ2) is 7.88. The lowest BCUT2D eigenvalue weighted by Gasteiger charge is -2.23. The highest BCUT2D eigenvalue weighted by Crippen LogP contribution is 2.32. The van der Waals surface area contributed by atoms with Crippen molar-refractivity contribution in [3.8, 4) is 9.88 Å². The minimum atomic E-state index is -0.129. The van der Waals surface area contributed by atoms with E-state index >= 15 is 0 Å². The summed E-state index contributed by atoms with van der Waals surface area (Å²) in [5, 5.41) is 11.9. The quantitative estimate of drug-likeness (QED) is 0.601. The Bertz CT molecular complexity index is 810. The molecule has 0 aromatic carbocycles. The maximum atomic E-state index is 12.4. The summed E-state index contributed by atoms with van der Waals surface area (Å²) >= 11 is 8.21. The Balaban J connectivity index is 1.66. The van der Waals surface area contributed by atoms with Gasteiger partial charge in [-0.3, -0.25) is 4.79 Å². The van der Waals surface area contributed by atoms with Gasteiger partial charge in [0.2, 0.25) is 0 Å². The van der Waals surface area contributed by atoms with E-state index in [2.05, 4.69) is 48.0 Å². The summed E-state index contributed by atoms with van der Waals surface area (Å²) in [6, 6.07) is 4.27. The highest BCUT2D eigenvalue weighted by atomic mass is 79.9. The third kappa shape index (κ3) is 4.12. The van der Waals surface area contributed by atoms with Crippen molar-refractivity contribution in [1.82, 2.24) is 15.2 Å². The number of hydrogen-bond acceptors (Lipinski definition) is 6. The van der Waals surface area contributed by atoms with Crippen LogP contribution in [0.4, 0.5) is 0 Å². The van der Waals surface area contributed by atoms with Gasteiger partial charge in [-0.15, -0.1) is 22.7 Å². The van der Waals surface area contributed by atoms with E-state index in [0.717, 1.165) is 14.4 Å². The topological polar surface area (TPSA) is 45.2 Å². The first kappa shape index (κ1) is 17.8. The molecule has 3 rings (SSSR count). The molecule has 1 unspecified atom stereocenters. The Labute approximate surface area is 161 Å². The van der Waals surface area contributed by atoms with E-state index in [4.69, 9.17) is 0 Å². The number of hydrogen-bond donors (Lipinski definition) is 1. The van der Waals surface area contributed by atoms with Crippen LogP contribution < -0.4 is 5.32 Å². The van der Waals surface area contributed by atoms with E-state index in [1.54, 1.807) is 22.7 Å². The van der Waals surface area contributed by atoms with Crippen LogP contribution in [0.1, 0.15) is 22.1 Å². The lowest BCUT2D eigenvalue weighted by molar-refractivity contribution is 0.0937. The number of rotatable bonds is 6. The highest BCUT2D eigenvalue weighted by molar-refractivity contribution is 9.10. The van der Waals surface area contributed by atoms with Gasteiger partial charge in [0.25, 0.3) is 5.91 Å². The summed E-state index contributed by atoms with van der Waals surface area (Å²) in [6.07, 6.45) is 0. The largest absolute Gasteiger partial charge is 0.349 e. The Kier molecular flexibility index (Phi) is 5.83. The second-order valence-corrected chi connectivity index (χ2v) is 8.88. The summed E-state index contributed by atoms with van der Waals surface area (Å²) in [7, 11) is 4.04. The molecule has 0 bridgehead atoms. The van der Waals surface area contributed by atoms with Crippen molar-refractivity contribution >= 4 is 55.8 Å². The predicted octanol–water partition coefficient (Wildman–Crippen LogP) is 4.73. The van der Waals surface area contributed by atoms with Crippen LogP contribution in [0.25, 0.3) is 9.88 Å². The standard InChI is InChI=1S/C16H16BrN3OS3/c1-20(2)13(10-3-4-22-7-10)6-18-15(21)12-9-24-16(19-12)14-5-11(17)8-23-14/h3-5,7-9,13H,6H2,1-2H3,(H,18,21). The minimum absolute atomic E-state index is 0.129. The molecule has 0 aliphatic carbocycles. The van der Waals surface area contributed by atoms with E-state index in [0.29, 0.717) is 12.2 Å².